The molecule has 102 valence electrons. The molecule has 0 amide bonds. The minimum atomic E-state index is -0.285. The molecule has 0 atom stereocenters. The van der Waals surface area contributed by atoms with E-state index in [9.17, 15) is 9.18 Å². The zero-order valence-electron chi connectivity index (χ0n) is 11.2. The van der Waals surface area contributed by atoms with Crippen LogP contribution in [0.25, 0.3) is 0 Å². The lowest BCUT2D eigenvalue weighted by Crippen LogP contribution is -2.44. The van der Waals surface area contributed by atoms with Crippen molar-refractivity contribution in [1.29, 1.82) is 0 Å². The predicted molar refractivity (Wildman–Crippen MR) is 70.8 cm³/mol. The zero-order valence-corrected chi connectivity index (χ0v) is 11.2. The molecule has 2 nitrogen and oxygen atoms in total. The van der Waals surface area contributed by atoms with Gasteiger partial charge in [0, 0.05) is 5.41 Å². The summed E-state index contributed by atoms with van der Waals surface area (Å²) in [6, 6.07) is 5.33. The number of hydrogen-bond acceptors (Lipinski definition) is 2. The molecule has 0 radical (unpaired) electrons. The van der Waals surface area contributed by atoms with Crippen LogP contribution in [0.5, 0.6) is 5.75 Å². The Balaban J connectivity index is 1.91. The molecule has 1 aromatic rings. The van der Waals surface area contributed by atoms with Crippen LogP contribution in [0.2, 0.25) is 0 Å². The number of halogens is 1. The SMILES string of the molecule is COc1ccc(C23CCC(C=O)(CC2)CC3)cc1F. The van der Waals surface area contributed by atoms with Crippen LogP contribution in [0.4, 0.5) is 4.39 Å². The van der Waals surface area contributed by atoms with Gasteiger partial charge in [-0.15, -0.1) is 0 Å². The molecular weight excluding hydrogens is 243 g/mol. The maximum absolute atomic E-state index is 13.9. The largest absolute Gasteiger partial charge is 0.494 e. The van der Waals surface area contributed by atoms with Crippen LogP contribution in [0.15, 0.2) is 18.2 Å². The molecule has 0 N–H and O–H groups in total. The lowest BCUT2D eigenvalue weighted by Gasteiger charge is -2.51. The number of methoxy groups -OCH3 is 1. The Morgan fingerprint density at radius 1 is 1.16 bits per heavy atom. The number of carbonyl (C=O) groups excluding carboxylic acids is 1. The fraction of sp³-hybridized carbons (Fsp3) is 0.562. The van der Waals surface area contributed by atoms with Crippen molar-refractivity contribution >= 4 is 6.29 Å². The van der Waals surface area contributed by atoms with Gasteiger partial charge < -0.3 is 9.53 Å². The van der Waals surface area contributed by atoms with Crippen LogP contribution in [-0.2, 0) is 10.2 Å². The van der Waals surface area contributed by atoms with Gasteiger partial charge in [0.25, 0.3) is 0 Å². The summed E-state index contributed by atoms with van der Waals surface area (Å²) in [5.41, 5.74) is 1.08. The van der Waals surface area contributed by atoms with Crippen LogP contribution >= 0.6 is 0 Å². The molecule has 4 rings (SSSR count). The topological polar surface area (TPSA) is 26.3 Å². The summed E-state index contributed by atoms with van der Waals surface area (Å²) in [6.45, 7) is 0. The third-order valence-electron chi connectivity index (χ3n) is 5.32. The van der Waals surface area contributed by atoms with Crippen LogP contribution in [0.1, 0.15) is 44.1 Å². The number of benzene rings is 1. The van der Waals surface area contributed by atoms with Crippen molar-refractivity contribution in [3.05, 3.63) is 29.6 Å². The molecular formula is C16H19FO2. The Labute approximate surface area is 113 Å². The fourth-order valence-corrected chi connectivity index (χ4v) is 3.82. The Morgan fingerprint density at radius 2 is 1.79 bits per heavy atom. The van der Waals surface area contributed by atoms with Crippen LogP contribution in [0.3, 0.4) is 0 Å². The number of aldehydes is 1. The average molecular weight is 262 g/mol. The van der Waals surface area contributed by atoms with Crippen molar-refractivity contribution < 1.29 is 13.9 Å². The summed E-state index contributed by atoms with van der Waals surface area (Å²) >= 11 is 0. The second-order valence-corrected chi connectivity index (χ2v) is 6.11. The predicted octanol–water partition coefficient (Wildman–Crippen LogP) is 3.63. The van der Waals surface area contributed by atoms with Gasteiger partial charge in [-0.05, 0) is 61.6 Å². The number of fused-ring (bicyclic) bond motifs is 3. The van der Waals surface area contributed by atoms with E-state index >= 15 is 0 Å². The van der Waals surface area contributed by atoms with Gasteiger partial charge in [0.15, 0.2) is 11.6 Å². The van der Waals surface area contributed by atoms with Crippen molar-refractivity contribution in [3.63, 3.8) is 0 Å². The summed E-state index contributed by atoms with van der Waals surface area (Å²) in [5, 5.41) is 0. The van der Waals surface area contributed by atoms with Gasteiger partial charge >= 0.3 is 0 Å². The van der Waals surface area contributed by atoms with Crippen molar-refractivity contribution in [3.8, 4) is 5.75 Å². The van der Waals surface area contributed by atoms with E-state index < -0.39 is 0 Å². The van der Waals surface area contributed by atoms with E-state index in [1.165, 1.54) is 7.11 Å². The Bertz CT molecular complexity index is 485. The van der Waals surface area contributed by atoms with Gasteiger partial charge in [0.2, 0.25) is 0 Å². The van der Waals surface area contributed by atoms with E-state index in [1.54, 1.807) is 12.1 Å². The quantitative estimate of drug-likeness (QED) is 0.778. The van der Waals surface area contributed by atoms with Gasteiger partial charge in [0.1, 0.15) is 6.29 Å². The van der Waals surface area contributed by atoms with Crippen molar-refractivity contribution in [1.82, 2.24) is 0 Å². The average Bonchev–Trinajstić information content (AvgIpc) is 2.49. The first-order chi connectivity index (χ1) is 9.13. The van der Waals surface area contributed by atoms with Gasteiger partial charge in [-0.2, -0.15) is 0 Å². The number of carbonyl (C=O) groups is 1. The minimum absolute atomic E-state index is 0.0766. The van der Waals surface area contributed by atoms with Gasteiger partial charge in [-0.25, -0.2) is 4.39 Å². The van der Waals surface area contributed by atoms with Crippen molar-refractivity contribution in [2.45, 2.75) is 43.9 Å². The molecule has 0 aliphatic heterocycles. The maximum atomic E-state index is 13.9. The summed E-state index contributed by atoms with van der Waals surface area (Å²) in [4.78, 5) is 11.2. The highest BCUT2D eigenvalue weighted by molar-refractivity contribution is 5.60. The molecule has 0 saturated heterocycles. The van der Waals surface area contributed by atoms with Crippen molar-refractivity contribution in [2.24, 2.45) is 5.41 Å². The van der Waals surface area contributed by atoms with Gasteiger partial charge in [-0.1, -0.05) is 6.07 Å². The van der Waals surface area contributed by atoms with Gasteiger partial charge in [0.05, 0.1) is 7.11 Å². The number of hydrogen-bond donors (Lipinski definition) is 0. The molecule has 0 aromatic heterocycles. The highest BCUT2D eigenvalue weighted by Gasteiger charge is 2.49. The molecule has 3 aliphatic carbocycles. The zero-order chi connectivity index (χ0) is 13.5. The number of rotatable bonds is 3. The smallest absolute Gasteiger partial charge is 0.165 e. The van der Waals surface area contributed by atoms with E-state index in [4.69, 9.17) is 4.74 Å². The second-order valence-electron chi connectivity index (χ2n) is 6.11. The number of ether oxygens (including phenoxy) is 1. The highest BCUT2D eigenvalue weighted by Crippen LogP contribution is 2.57. The molecule has 2 bridgehead atoms. The van der Waals surface area contributed by atoms with E-state index in [2.05, 4.69) is 0 Å². The highest BCUT2D eigenvalue weighted by atomic mass is 19.1. The fourth-order valence-electron chi connectivity index (χ4n) is 3.82. The van der Waals surface area contributed by atoms with Crippen LogP contribution in [-0.4, -0.2) is 13.4 Å². The van der Waals surface area contributed by atoms with E-state index in [-0.39, 0.29) is 16.6 Å². The summed E-state index contributed by atoms with van der Waals surface area (Å²) in [6.07, 6.45) is 7.00. The summed E-state index contributed by atoms with van der Waals surface area (Å²) < 4.78 is 18.9. The summed E-state index contributed by atoms with van der Waals surface area (Å²) in [7, 11) is 1.48. The van der Waals surface area contributed by atoms with Gasteiger partial charge in [-0.3, -0.25) is 0 Å². The first kappa shape index (κ1) is 12.6. The molecule has 3 aliphatic rings. The molecule has 0 spiro atoms. The lowest BCUT2D eigenvalue weighted by atomic mass is 9.52. The monoisotopic (exact) mass is 262 g/mol. The third-order valence-corrected chi connectivity index (χ3v) is 5.32. The molecule has 3 heteroatoms. The molecule has 19 heavy (non-hydrogen) atoms. The minimum Gasteiger partial charge on any atom is -0.494 e. The van der Waals surface area contributed by atoms with E-state index in [0.717, 1.165) is 50.4 Å². The Kier molecular flexibility index (Phi) is 2.88. The summed E-state index contributed by atoms with van der Waals surface area (Å²) in [5.74, 6) is 0.0150. The molecule has 3 fully saturated rings. The lowest BCUT2D eigenvalue weighted by molar-refractivity contribution is -0.122. The first-order valence-electron chi connectivity index (χ1n) is 6.94. The maximum Gasteiger partial charge on any atom is 0.165 e. The molecule has 0 unspecified atom stereocenters. The molecule has 0 heterocycles. The molecule has 1 aromatic carbocycles. The Hall–Kier alpha value is -1.38. The molecule has 3 saturated carbocycles. The van der Waals surface area contributed by atoms with Crippen LogP contribution in [0, 0.1) is 11.2 Å². The van der Waals surface area contributed by atoms with E-state index in [0.29, 0.717) is 5.75 Å². The van der Waals surface area contributed by atoms with E-state index in [1.807, 2.05) is 6.07 Å². The second kappa shape index (κ2) is 4.32. The standard InChI is InChI=1S/C16H19FO2/c1-19-14-3-2-12(10-13(14)17)16-7-4-15(11-18,5-8-16)6-9-16/h2-3,10-11H,4-9H2,1H3. The normalized spacial score (nSPS) is 33.2. The third kappa shape index (κ3) is 1.87. The Morgan fingerprint density at radius 3 is 2.26 bits per heavy atom. The van der Waals surface area contributed by atoms with Crippen molar-refractivity contribution in [2.75, 3.05) is 7.11 Å². The van der Waals surface area contributed by atoms with Crippen LogP contribution < -0.4 is 4.74 Å². The first-order valence-corrected chi connectivity index (χ1v) is 6.94.